The van der Waals surface area contributed by atoms with Crippen molar-refractivity contribution in [1.82, 2.24) is 14.8 Å². The smallest absolute Gasteiger partial charge is 0.191 e. The van der Waals surface area contributed by atoms with Gasteiger partial charge in [0.15, 0.2) is 5.16 Å². The van der Waals surface area contributed by atoms with Gasteiger partial charge in [0.25, 0.3) is 0 Å². The van der Waals surface area contributed by atoms with Crippen molar-refractivity contribution in [3.05, 3.63) is 41.5 Å². The molecule has 2 aromatic rings. The number of rotatable bonds is 6. The van der Waals surface area contributed by atoms with E-state index < -0.39 is 0 Å². The first-order chi connectivity index (χ1) is 13.1. The quantitative estimate of drug-likeness (QED) is 0.616. The number of hydrogen-bond acceptors (Lipinski definition) is 3. The standard InChI is InChI=1S/C22H28FN3S/c1-2-26-20(13-22-10-15-7-16(11-22)9-17(8-15)12-22)24-25-21(26)27-14-18-5-3-4-6-19(18)23/h3-6,15-17H,2,7-14H2,1H3. The Morgan fingerprint density at radius 2 is 1.74 bits per heavy atom. The molecule has 1 aromatic heterocycles. The summed E-state index contributed by atoms with van der Waals surface area (Å²) in [5.74, 6) is 4.50. The maximum absolute atomic E-state index is 13.9. The summed E-state index contributed by atoms with van der Waals surface area (Å²) >= 11 is 1.60. The number of benzene rings is 1. The normalized spacial score (nSPS) is 31.6. The van der Waals surface area contributed by atoms with Crippen LogP contribution >= 0.6 is 11.8 Å². The molecule has 27 heavy (non-hydrogen) atoms. The fourth-order valence-corrected chi connectivity index (χ4v) is 7.48. The zero-order chi connectivity index (χ0) is 18.4. The third kappa shape index (κ3) is 3.32. The second-order valence-corrected chi connectivity index (χ2v) is 10.1. The van der Waals surface area contributed by atoms with Gasteiger partial charge in [0.05, 0.1) is 0 Å². The Morgan fingerprint density at radius 3 is 2.37 bits per heavy atom. The molecule has 4 aliphatic rings. The summed E-state index contributed by atoms with van der Waals surface area (Å²) in [4.78, 5) is 0. The summed E-state index contributed by atoms with van der Waals surface area (Å²) < 4.78 is 16.2. The van der Waals surface area contributed by atoms with Gasteiger partial charge in [0.1, 0.15) is 11.6 Å². The summed E-state index contributed by atoms with van der Waals surface area (Å²) in [5, 5.41) is 10.0. The Bertz CT molecular complexity index is 795. The molecule has 4 bridgehead atoms. The molecule has 4 aliphatic carbocycles. The van der Waals surface area contributed by atoms with Crippen LogP contribution in [0.25, 0.3) is 0 Å². The molecule has 0 spiro atoms. The molecule has 4 saturated carbocycles. The van der Waals surface area contributed by atoms with Crippen molar-refractivity contribution >= 4 is 11.8 Å². The van der Waals surface area contributed by atoms with Gasteiger partial charge in [-0.3, -0.25) is 0 Å². The molecule has 0 atom stereocenters. The second kappa shape index (κ2) is 6.91. The Hall–Kier alpha value is -1.36. The number of thioether (sulfide) groups is 1. The number of nitrogens with zero attached hydrogens (tertiary/aromatic N) is 3. The van der Waals surface area contributed by atoms with Crippen molar-refractivity contribution < 1.29 is 4.39 Å². The largest absolute Gasteiger partial charge is 0.306 e. The van der Waals surface area contributed by atoms with Gasteiger partial charge >= 0.3 is 0 Å². The lowest BCUT2D eigenvalue weighted by atomic mass is 9.49. The third-order valence-electron chi connectivity index (χ3n) is 7.12. The number of hydrogen-bond donors (Lipinski definition) is 0. The molecule has 1 heterocycles. The summed E-state index contributed by atoms with van der Waals surface area (Å²) in [7, 11) is 0. The molecule has 0 aliphatic heterocycles. The van der Waals surface area contributed by atoms with Gasteiger partial charge in [-0.2, -0.15) is 0 Å². The van der Waals surface area contributed by atoms with Crippen LogP contribution in [0.15, 0.2) is 29.4 Å². The second-order valence-electron chi connectivity index (χ2n) is 9.12. The van der Waals surface area contributed by atoms with Crippen molar-refractivity contribution in [2.75, 3.05) is 0 Å². The molecule has 0 saturated heterocycles. The van der Waals surface area contributed by atoms with Crippen LogP contribution in [-0.4, -0.2) is 14.8 Å². The zero-order valence-corrected chi connectivity index (χ0v) is 16.8. The maximum Gasteiger partial charge on any atom is 0.191 e. The fourth-order valence-electron chi connectivity index (χ4n) is 6.47. The molecule has 3 nitrogen and oxygen atoms in total. The van der Waals surface area contributed by atoms with Crippen LogP contribution in [0.2, 0.25) is 0 Å². The molecular formula is C22H28FN3S. The SMILES string of the molecule is CCn1c(CC23CC4CC(CC(C4)C2)C3)nnc1SCc1ccccc1F. The average molecular weight is 386 g/mol. The van der Waals surface area contributed by atoms with Crippen LogP contribution in [0, 0.1) is 29.0 Å². The van der Waals surface area contributed by atoms with Crippen LogP contribution in [0.1, 0.15) is 56.8 Å². The average Bonchev–Trinajstić information content (AvgIpc) is 3.00. The first-order valence-corrected chi connectivity index (χ1v) is 11.4. The maximum atomic E-state index is 13.9. The van der Waals surface area contributed by atoms with Gasteiger partial charge in [-0.1, -0.05) is 30.0 Å². The van der Waals surface area contributed by atoms with E-state index >= 15 is 0 Å². The molecular weight excluding hydrogens is 357 g/mol. The van der Waals surface area contributed by atoms with E-state index in [0.29, 0.717) is 11.2 Å². The van der Waals surface area contributed by atoms with Crippen molar-refractivity contribution in [3.63, 3.8) is 0 Å². The van der Waals surface area contributed by atoms with Gasteiger partial charge in [0.2, 0.25) is 0 Å². The minimum atomic E-state index is -0.138. The predicted octanol–water partition coefficient (Wildman–Crippen LogP) is 5.49. The van der Waals surface area contributed by atoms with Gasteiger partial charge in [-0.05, 0) is 80.2 Å². The van der Waals surface area contributed by atoms with Crippen LogP contribution in [0.3, 0.4) is 0 Å². The zero-order valence-electron chi connectivity index (χ0n) is 16.0. The Morgan fingerprint density at radius 1 is 1.07 bits per heavy atom. The molecule has 0 radical (unpaired) electrons. The van der Waals surface area contributed by atoms with Gasteiger partial charge in [0, 0.05) is 18.7 Å². The van der Waals surface area contributed by atoms with Crippen molar-refractivity contribution in [3.8, 4) is 0 Å². The highest BCUT2D eigenvalue weighted by atomic mass is 32.2. The molecule has 4 fully saturated rings. The molecule has 0 amide bonds. The summed E-state index contributed by atoms with van der Waals surface area (Å²) in [6.45, 7) is 3.05. The number of halogens is 1. The van der Waals surface area contributed by atoms with Crippen LogP contribution < -0.4 is 0 Å². The molecule has 0 unspecified atom stereocenters. The Labute approximate surface area is 165 Å². The predicted molar refractivity (Wildman–Crippen MR) is 106 cm³/mol. The van der Waals surface area contributed by atoms with E-state index in [0.717, 1.165) is 47.3 Å². The molecule has 5 heteroatoms. The van der Waals surface area contributed by atoms with E-state index in [1.54, 1.807) is 17.8 Å². The van der Waals surface area contributed by atoms with E-state index in [1.165, 1.54) is 44.6 Å². The highest BCUT2D eigenvalue weighted by Crippen LogP contribution is 2.61. The first-order valence-electron chi connectivity index (χ1n) is 10.4. The van der Waals surface area contributed by atoms with E-state index in [1.807, 2.05) is 12.1 Å². The van der Waals surface area contributed by atoms with E-state index in [9.17, 15) is 4.39 Å². The van der Waals surface area contributed by atoms with Crippen LogP contribution in [-0.2, 0) is 18.7 Å². The summed E-state index contributed by atoms with van der Waals surface area (Å²) in [6.07, 6.45) is 9.70. The lowest BCUT2D eigenvalue weighted by molar-refractivity contribution is -0.0536. The van der Waals surface area contributed by atoms with Crippen LogP contribution in [0.4, 0.5) is 4.39 Å². The highest BCUT2D eigenvalue weighted by molar-refractivity contribution is 7.98. The monoisotopic (exact) mass is 385 g/mol. The molecule has 6 rings (SSSR count). The van der Waals surface area contributed by atoms with E-state index in [-0.39, 0.29) is 5.82 Å². The van der Waals surface area contributed by atoms with Crippen LogP contribution in [0.5, 0.6) is 0 Å². The van der Waals surface area contributed by atoms with Crippen molar-refractivity contribution in [1.29, 1.82) is 0 Å². The van der Waals surface area contributed by atoms with Gasteiger partial charge < -0.3 is 4.57 Å². The highest BCUT2D eigenvalue weighted by Gasteiger charge is 2.51. The van der Waals surface area contributed by atoms with E-state index in [4.69, 9.17) is 0 Å². The fraction of sp³-hybridized carbons (Fsp3) is 0.636. The molecule has 144 valence electrons. The molecule has 1 aromatic carbocycles. The minimum Gasteiger partial charge on any atom is -0.306 e. The molecule has 0 N–H and O–H groups in total. The lowest BCUT2D eigenvalue weighted by Crippen LogP contribution is -2.47. The van der Waals surface area contributed by atoms with E-state index in [2.05, 4.69) is 21.7 Å². The first kappa shape index (κ1) is 17.7. The van der Waals surface area contributed by atoms with Crippen molar-refractivity contribution in [2.45, 2.75) is 69.3 Å². The van der Waals surface area contributed by atoms with Gasteiger partial charge in [-0.15, -0.1) is 10.2 Å². The van der Waals surface area contributed by atoms with Crippen molar-refractivity contribution in [2.24, 2.45) is 23.2 Å². The Kier molecular flexibility index (Phi) is 4.53. The number of aromatic nitrogens is 3. The summed E-state index contributed by atoms with van der Waals surface area (Å²) in [6, 6.07) is 7.01. The van der Waals surface area contributed by atoms with Gasteiger partial charge in [-0.25, -0.2) is 4.39 Å². The third-order valence-corrected chi connectivity index (χ3v) is 8.14. The minimum absolute atomic E-state index is 0.138. The Balaban J connectivity index is 1.33. The summed E-state index contributed by atoms with van der Waals surface area (Å²) in [5.41, 5.74) is 1.21. The lowest BCUT2D eigenvalue weighted by Gasteiger charge is -2.56. The topological polar surface area (TPSA) is 30.7 Å².